The number of fused-ring (bicyclic) bond motifs is 1. The van der Waals surface area contributed by atoms with E-state index in [-0.39, 0.29) is 29.4 Å². The van der Waals surface area contributed by atoms with Gasteiger partial charge in [-0.2, -0.15) is 0 Å². The van der Waals surface area contributed by atoms with E-state index in [1.54, 1.807) is 18.9 Å². The van der Waals surface area contributed by atoms with Crippen LogP contribution in [-0.4, -0.2) is 54.8 Å². The van der Waals surface area contributed by atoms with Crippen LogP contribution >= 0.6 is 0 Å². The Balaban J connectivity index is 1.69. The molecule has 1 fully saturated rings. The molecule has 0 radical (unpaired) electrons. The van der Waals surface area contributed by atoms with E-state index in [0.29, 0.717) is 17.9 Å². The van der Waals surface area contributed by atoms with Gasteiger partial charge in [-0.15, -0.1) is 0 Å². The molecule has 1 saturated heterocycles. The summed E-state index contributed by atoms with van der Waals surface area (Å²) >= 11 is 0. The van der Waals surface area contributed by atoms with Gasteiger partial charge in [0.1, 0.15) is 11.6 Å². The highest BCUT2D eigenvalue weighted by Gasteiger charge is 2.34. The van der Waals surface area contributed by atoms with E-state index in [0.717, 1.165) is 11.2 Å². The van der Waals surface area contributed by atoms with Crippen molar-refractivity contribution in [1.82, 2.24) is 9.88 Å². The van der Waals surface area contributed by atoms with Crippen molar-refractivity contribution in [3.63, 3.8) is 0 Å². The van der Waals surface area contributed by atoms with Gasteiger partial charge in [-0.25, -0.2) is 13.4 Å². The monoisotopic (exact) mass is 379 g/mol. The number of amides is 1. The first-order valence-corrected chi connectivity index (χ1v) is 10.6. The number of carbonyl (C=O) groups excluding carboxylic acids is 1. The van der Waals surface area contributed by atoms with E-state index in [2.05, 4.69) is 10.3 Å². The average molecular weight is 379 g/mol. The molecule has 1 aliphatic heterocycles. The molecule has 0 unspecified atom stereocenters. The third kappa shape index (κ3) is 3.85. The van der Waals surface area contributed by atoms with Gasteiger partial charge in [0.2, 0.25) is 5.91 Å². The molecule has 1 aliphatic rings. The number of hydrogen-bond acceptors (Lipinski definition) is 6. The van der Waals surface area contributed by atoms with Gasteiger partial charge in [0.25, 0.3) is 0 Å². The summed E-state index contributed by atoms with van der Waals surface area (Å²) in [7, 11) is -1.35. The van der Waals surface area contributed by atoms with Crippen molar-refractivity contribution in [3.05, 3.63) is 24.1 Å². The molecule has 26 heavy (non-hydrogen) atoms. The molecule has 0 bridgehead atoms. The summed E-state index contributed by atoms with van der Waals surface area (Å²) in [4.78, 5) is 18.7. The zero-order valence-corrected chi connectivity index (χ0v) is 16.3. The minimum atomic E-state index is -3.02. The van der Waals surface area contributed by atoms with Gasteiger partial charge < -0.3 is 14.6 Å². The highest BCUT2D eigenvalue weighted by Crippen LogP contribution is 2.24. The second-order valence-electron chi connectivity index (χ2n) is 7.26. The summed E-state index contributed by atoms with van der Waals surface area (Å²) in [6, 6.07) is 4.82. The largest absolute Gasteiger partial charge is 0.440 e. The molecule has 142 valence electrons. The number of nitrogens with one attached hydrogen (secondary N) is 1. The predicted molar refractivity (Wildman–Crippen MR) is 101 cm³/mol. The van der Waals surface area contributed by atoms with Crippen molar-refractivity contribution < 1.29 is 17.6 Å². The fraction of sp³-hybridized carbons (Fsp3) is 0.556. The lowest BCUT2D eigenvalue weighted by Crippen LogP contribution is -2.45. The lowest BCUT2D eigenvalue weighted by atomic mass is 10.2. The van der Waals surface area contributed by atoms with Crippen LogP contribution in [0.2, 0.25) is 0 Å². The standard InChI is InChI=1S/C18H25N3O4S/c1-11(2)17-20-15-9-13(5-6-16(15)25-17)19-12(3)18(22)21(4)14-7-8-26(23,24)10-14/h5-6,9,11-12,14,19H,7-8,10H2,1-4H3/t12-,14-/m1/s1. The highest BCUT2D eigenvalue weighted by atomic mass is 32.2. The molecule has 1 aromatic heterocycles. The summed E-state index contributed by atoms with van der Waals surface area (Å²) in [6.45, 7) is 5.81. The van der Waals surface area contributed by atoms with E-state index < -0.39 is 15.9 Å². The second-order valence-corrected chi connectivity index (χ2v) is 9.49. The first-order chi connectivity index (χ1) is 12.2. The van der Waals surface area contributed by atoms with Crippen LogP contribution in [0, 0.1) is 0 Å². The zero-order valence-electron chi connectivity index (χ0n) is 15.5. The van der Waals surface area contributed by atoms with Gasteiger partial charge >= 0.3 is 0 Å². The molecule has 1 aromatic carbocycles. The zero-order chi connectivity index (χ0) is 19.1. The Labute approximate surface area is 153 Å². The average Bonchev–Trinajstić information content (AvgIpc) is 3.16. The molecule has 2 heterocycles. The van der Waals surface area contributed by atoms with Crippen molar-refractivity contribution in [1.29, 1.82) is 0 Å². The molecule has 1 amide bonds. The van der Waals surface area contributed by atoms with Crippen LogP contribution in [0.1, 0.15) is 39.0 Å². The first kappa shape index (κ1) is 18.7. The van der Waals surface area contributed by atoms with Gasteiger partial charge in [-0.05, 0) is 31.5 Å². The maximum Gasteiger partial charge on any atom is 0.244 e. The minimum absolute atomic E-state index is 0.0465. The normalized spacial score (nSPS) is 20.4. The molecule has 1 N–H and O–H groups in total. The van der Waals surface area contributed by atoms with Gasteiger partial charge in [0, 0.05) is 24.7 Å². The number of hydrogen-bond donors (Lipinski definition) is 1. The molecule has 2 atom stereocenters. The number of sulfone groups is 1. The molecule has 2 aromatic rings. The molecular formula is C18H25N3O4S. The number of oxazole rings is 1. The predicted octanol–water partition coefficient (Wildman–Crippen LogP) is 2.40. The Kier molecular flexibility index (Phi) is 4.96. The molecule has 7 nitrogen and oxygen atoms in total. The molecule has 0 saturated carbocycles. The molecular weight excluding hydrogens is 354 g/mol. The fourth-order valence-corrected chi connectivity index (χ4v) is 4.93. The topological polar surface area (TPSA) is 92.5 Å². The Bertz CT molecular complexity index is 920. The van der Waals surface area contributed by atoms with Crippen molar-refractivity contribution in [2.24, 2.45) is 0 Å². The van der Waals surface area contributed by atoms with Crippen LogP contribution in [0.3, 0.4) is 0 Å². The summed E-state index contributed by atoms with van der Waals surface area (Å²) < 4.78 is 29.0. The Morgan fingerprint density at radius 1 is 1.35 bits per heavy atom. The van der Waals surface area contributed by atoms with Gasteiger partial charge in [-0.1, -0.05) is 13.8 Å². The number of aromatic nitrogens is 1. The minimum Gasteiger partial charge on any atom is -0.440 e. The van der Waals surface area contributed by atoms with Gasteiger partial charge in [-0.3, -0.25) is 4.79 Å². The molecule has 0 spiro atoms. The highest BCUT2D eigenvalue weighted by molar-refractivity contribution is 7.91. The Morgan fingerprint density at radius 3 is 2.69 bits per heavy atom. The Morgan fingerprint density at radius 2 is 2.08 bits per heavy atom. The van der Waals surface area contributed by atoms with E-state index in [4.69, 9.17) is 4.42 Å². The van der Waals surface area contributed by atoms with Crippen molar-refractivity contribution >= 4 is 32.5 Å². The van der Waals surface area contributed by atoms with Crippen LogP contribution in [0.5, 0.6) is 0 Å². The molecule has 0 aliphatic carbocycles. The van der Waals surface area contributed by atoms with Crippen LogP contribution in [0.15, 0.2) is 22.6 Å². The molecule has 8 heteroatoms. The number of nitrogens with zero attached hydrogens (tertiary/aromatic N) is 2. The number of benzene rings is 1. The number of carbonyl (C=O) groups is 1. The number of anilines is 1. The van der Waals surface area contributed by atoms with Gasteiger partial charge in [0.15, 0.2) is 21.3 Å². The second kappa shape index (κ2) is 6.90. The smallest absolute Gasteiger partial charge is 0.244 e. The van der Waals surface area contributed by atoms with Crippen molar-refractivity contribution in [3.8, 4) is 0 Å². The van der Waals surface area contributed by atoms with E-state index in [1.807, 2.05) is 32.0 Å². The fourth-order valence-electron chi connectivity index (χ4n) is 3.16. The maximum absolute atomic E-state index is 12.6. The maximum atomic E-state index is 12.6. The van der Waals surface area contributed by atoms with E-state index in [1.165, 1.54) is 0 Å². The lowest BCUT2D eigenvalue weighted by molar-refractivity contribution is -0.132. The van der Waals surface area contributed by atoms with Crippen LogP contribution in [0.4, 0.5) is 5.69 Å². The summed E-state index contributed by atoms with van der Waals surface area (Å²) in [5.41, 5.74) is 2.23. The van der Waals surface area contributed by atoms with Crippen molar-refractivity contribution in [2.45, 2.75) is 45.2 Å². The summed E-state index contributed by atoms with van der Waals surface area (Å²) in [5, 5.41) is 3.18. The number of rotatable bonds is 5. The quantitative estimate of drug-likeness (QED) is 0.857. The van der Waals surface area contributed by atoms with E-state index in [9.17, 15) is 13.2 Å². The van der Waals surface area contributed by atoms with Crippen LogP contribution < -0.4 is 5.32 Å². The first-order valence-electron chi connectivity index (χ1n) is 8.80. The summed E-state index contributed by atoms with van der Waals surface area (Å²) in [5.74, 6) is 0.956. The van der Waals surface area contributed by atoms with Crippen LogP contribution in [0.25, 0.3) is 11.1 Å². The molecule has 3 rings (SSSR count). The number of likely N-dealkylation sites (N-methyl/N-ethyl adjacent to an activating group) is 1. The SMILES string of the molecule is CC(C)c1nc2cc(N[C@H](C)C(=O)N(C)[C@@H]3CCS(=O)(=O)C3)ccc2o1. The van der Waals surface area contributed by atoms with E-state index >= 15 is 0 Å². The Hall–Kier alpha value is -2.09. The van der Waals surface area contributed by atoms with Gasteiger partial charge in [0.05, 0.1) is 11.5 Å². The summed E-state index contributed by atoms with van der Waals surface area (Å²) in [6.07, 6.45) is 0.500. The van der Waals surface area contributed by atoms with Crippen molar-refractivity contribution in [2.75, 3.05) is 23.9 Å². The third-order valence-electron chi connectivity index (χ3n) is 4.76. The third-order valence-corrected chi connectivity index (χ3v) is 6.51. The lowest BCUT2D eigenvalue weighted by Gasteiger charge is -2.27. The van der Waals surface area contributed by atoms with Crippen LogP contribution in [-0.2, 0) is 14.6 Å².